The lowest BCUT2D eigenvalue weighted by Gasteiger charge is -2.30. The van der Waals surface area contributed by atoms with Crippen molar-refractivity contribution in [1.29, 1.82) is 0 Å². The summed E-state index contributed by atoms with van der Waals surface area (Å²) in [5.41, 5.74) is -1.28. The molecule has 2 heterocycles. The van der Waals surface area contributed by atoms with Crippen LogP contribution in [0.4, 0.5) is 9.59 Å². The largest absolute Gasteiger partial charge is 0.480 e. The van der Waals surface area contributed by atoms with E-state index < -0.39 is 59.4 Å². The summed E-state index contributed by atoms with van der Waals surface area (Å²) in [6, 6.07) is -2.79. The first-order chi connectivity index (χ1) is 20.5. The van der Waals surface area contributed by atoms with Gasteiger partial charge in [-0.25, -0.2) is 19.2 Å². The summed E-state index contributed by atoms with van der Waals surface area (Å²) >= 11 is 0. The SMILES string of the molecule is CC(C)C(NC(=O)OC(C)(C)C)C(=O)N1CCCC1C(=O)O.CC(C)C(NC(=O)OC(C)(C)C)C(=O)O.O=C(O)C1CCCN1. The lowest BCUT2D eigenvalue weighted by atomic mass is 10.0. The number of carbonyl (C=O) groups excluding carboxylic acids is 3. The molecule has 0 bridgehead atoms. The van der Waals surface area contributed by atoms with Crippen LogP contribution in [0.25, 0.3) is 0 Å². The van der Waals surface area contributed by atoms with Gasteiger partial charge < -0.3 is 45.6 Å². The Morgan fingerprint density at radius 2 is 1.20 bits per heavy atom. The molecule has 0 spiro atoms. The van der Waals surface area contributed by atoms with Gasteiger partial charge >= 0.3 is 30.1 Å². The Kier molecular flexibility index (Phi) is 16.9. The standard InChI is InChI=1S/C15H26N2O5.C10H19NO4.C5H9NO2/c1-9(2)11(16-14(21)22-15(3,4)5)12(18)17-8-6-7-10(17)13(19)20;1-6(2)7(8(12)13)11-9(14)15-10(3,4)5;7-5(8)4-2-1-3-6-4/h9-11H,6-8H2,1-5H3,(H,16,21)(H,19,20);6-7H,1-5H3,(H,11,14)(H,12,13);4,6H,1-3H2,(H,7,8). The molecule has 4 atom stereocenters. The van der Waals surface area contributed by atoms with Crippen molar-refractivity contribution in [3.63, 3.8) is 0 Å². The minimum atomic E-state index is -1.06. The number of hydrogen-bond acceptors (Lipinski definition) is 9. The highest BCUT2D eigenvalue weighted by Crippen LogP contribution is 2.20. The smallest absolute Gasteiger partial charge is 0.408 e. The number of likely N-dealkylation sites (tertiary alicyclic amines) is 1. The molecule has 260 valence electrons. The number of carboxylic acid groups (broad SMARTS) is 3. The predicted octanol–water partition coefficient (Wildman–Crippen LogP) is 3.05. The highest BCUT2D eigenvalue weighted by molar-refractivity contribution is 5.90. The van der Waals surface area contributed by atoms with Crippen LogP contribution in [0, 0.1) is 11.8 Å². The van der Waals surface area contributed by atoms with Crippen molar-refractivity contribution in [3.8, 4) is 0 Å². The van der Waals surface area contributed by atoms with E-state index in [0.717, 1.165) is 19.4 Å². The van der Waals surface area contributed by atoms with E-state index in [4.69, 9.17) is 19.7 Å². The Bertz CT molecular complexity index is 1010. The molecule has 15 heteroatoms. The molecular formula is C30H54N4O11. The summed E-state index contributed by atoms with van der Waals surface area (Å²) in [4.78, 5) is 69.2. The fraction of sp³-hybridized carbons (Fsp3) is 0.800. The van der Waals surface area contributed by atoms with E-state index in [2.05, 4.69) is 16.0 Å². The Morgan fingerprint density at radius 3 is 1.51 bits per heavy atom. The number of carbonyl (C=O) groups is 6. The minimum absolute atomic E-state index is 0.171. The highest BCUT2D eigenvalue weighted by Gasteiger charge is 2.39. The number of aliphatic carboxylic acids is 3. The van der Waals surface area contributed by atoms with Crippen LogP contribution < -0.4 is 16.0 Å². The average molecular weight is 647 g/mol. The molecule has 2 aliphatic rings. The van der Waals surface area contributed by atoms with E-state index in [1.54, 1.807) is 69.2 Å². The number of nitrogens with zero attached hydrogens (tertiary/aromatic N) is 1. The van der Waals surface area contributed by atoms with Crippen molar-refractivity contribution < 1.29 is 53.6 Å². The normalized spacial score (nSPS) is 19.2. The van der Waals surface area contributed by atoms with Gasteiger partial charge in [0, 0.05) is 6.54 Å². The van der Waals surface area contributed by atoms with Gasteiger partial charge in [-0.2, -0.15) is 0 Å². The lowest BCUT2D eigenvalue weighted by molar-refractivity contribution is -0.149. The van der Waals surface area contributed by atoms with E-state index in [1.165, 1.54) is 4.90 Å². The van der Waals surface area contributed by atoms with Crippen molar-refractivity contribution in [2.24, 2.45) is 11.8 Å². The Morgan fingerprint density at radius 1 is 0.733 bits per heavy atom. The zero-order chi connectivity index (χ0) is 35.3. The molecule has 0 aromatic carbocycles. The van der Waals surface area contributed by atoms with E-state index >= 15 is 0 Å². The monoisotopic (exact) mass is 646 g/mol. The number of ether oxygens (including phenoxy) is 2. The first kappa shape index (κ1) is 41.4. The number of amides is 3. The summed E-state index contributed by atoms with van der Waals surface area (Å²) in [5.74, 6) is -3.51. The summed E-state index contributed by atoms with van der Waals surface area (Å²) in [6.45, 7) is 18.7. The maximum absolute atomic E-state index is 12.6. The average Bonchev–Trinajstić information content (AvgIpc) is 3.56. The van der Waals surface area contributed by atoms with Gasteiger partial charge in [0.2, 0.25) is 5.91 Å². The third-order valence-corrected chi connectivity index (χ3v) is 6.39. The predicted molar refractivity (Wildman–Crippen MR) is 165 cm³/mol. The number of rotatable bonds is 8. The molecule has 0 aromatic heterocycles. The minimum Gasteiger partial charge on any atom is -0.480 e. The van der Waals surface area contributed by atoms with Crippen molar-refractivity contribution in [1.82, 2.24) is 20.9 Å². The molecule has 2 fully saturated rings. The zero-order valence-electron chi connectivity index (χ0n) is 28.3. The molecule has 4 unspecified atom stereocenters. The topological polar surface area (TPSA) is 221 Å². The number of nitrogens with one attached hydrogen (secondary N) is 3. The first-order valence-electron chi connectivity index (χ1n) is 15.2. The fourth-order valence-electron chi connectivity index (χ4n) is 4.26. The molecule has 2 saturated heterocycles. The van der Waals surface area contributed by atoms with Gasteiger partial charge in [-0.05, 0) is 85.6 Å². The molecule has 0 radical (unpaired) electrons. The number of alkyl carbamates (subject to hydrolysis) is 2. The third-order valence-electron chi connectivity index (χ3n) is 6.39. The Hall–Kier alpha value is -3.62. The maximum Gasteiger partial charge on any atom is 0.408 e. The van der Waals surface area contributed by atoms with E-state index in [9.17, 15) is 33.9 Å². The lowest BCUT2D eigenvalue weighted by Crippen LogP contribution is -2.54. The van der Waals surface area contributed by atoms with E-state index in [1.807, 2.05) is 0 Å². The molecule has 45 heavy (non-hydrogen) atoms. The molecule has 2 rings (SSSR count). The van der Waals surface area contributed by atoms with Gasteiger partial charge in [-0.15, -0.1) is 0 Å². The van der Waals surface area contributed by atoms with E-state index in [0.29, 0.717) is 19.4 Å². The van der Waals surface area contributed by atoms with Crippen LogP contribution in [0.15, 0.2) is 0 Å². The summed E-state index contributed by atoms with van der Waals surface area (Å²) in [6.07, 6.45) is 1.50. The highest BCUT2D eigenvalue weighted by atomic mass is 16.6. The molecular weight excluding hydrogens is 592 g/mol. The van der Waals surface area contributed by atoms with Crippen LogP contribution in [0.3, 0.4) is 0 Å². The van der Waals surface area contributed by atoms with Crippen molar-refractivity contribution >= 4 is 36.0 Å². The van der Waals surface area contributed by atoms with Crippen LogP contribution >= 0.6 is 0 Å². The summed E-state index contributed by atoms with van der Waals surface area (Å²) in [7, 11) is 0. The molecule has 0 aliphatic carbocycles. The van der Waals surface area contributed by atoms with Crippen molar-refractivity contribution in [3.05, 3.63) is 0 Å². The zero-order valence-corrected chi connectivity index (χ0v) is 28.3. The fourth-order valence-corrected chi connectivity index (χ4v) is 4.26. The van der Waals surface area contributed by atoms with Crippen LogP contribution in [0.5, 0.6) is 0 Å². The van der Waals surface area contributed by atoms with Crippen molar-refractivity contribution in [2.45, 2.75) is 130 Å². The van der Waals surface area contributed by atoms with Crippen molar-refractivity contribution in [2.75, 3.05) is 13.1 Å². The maximum atomic E-state index is 12.6. The molecule has 15 nitrogen and oxygen atoms in total. The first-order valence-corrected chi connectivity index (χ1v) is 15.2. The Balaban J connectivity index is 0.000000721. The molecule has 3 amide bonds. The van der Waals surface area contributed by atoms with Gasteiger partial charge in [0.25, 0.3) is 0 Å². The molecule has 2 aliphatic heterocycles. The van der Waals surface area contributed by atoms with Gasteiger partial charge in [-0.1, -0.05) is 27.7 Å². The van der Waals surface area contributed by atoms with Gasteiger partial charge in [0.05, 0.1) is 0 Å². The van der Waals surface area contributed by atoms with Gasteiger partial charge in [0.15, 0.2) is 0 Å². The summed E-state index contributed by atoms with van der Waals surface area (Å²) < 4.78 is 10.1. The molecule has 0 saturated carbocycles. The Labute approximate surface area is 265 Å². The third kappa shape index (κ3) is 16.9. The second-order valence-electron chi connectivity index (χ2n) is 13.6. The quantitative estimate of drug-likeness (QED) is 0.224. The number of carboxylic acids is 3. The van der Waals surface area contributed by atoms with Crippen LogP contribution in [-0.4, -0.2) is 105 Å². The van der Waals surface area contributed by atoms with Crippen LogP contribution in [0.1, 0.15) is 94.9 Å². The van der Waals surface area contributed by atoms with Gasteiger partial charge in [0.1, 0.15) is 35.4 Å². The van der Waals surface area contributed by atoms with Crippen LogP contribution in [-0.2, 0) is 28.7 Å². The second kappa shape index (κ2) is 18.4. The molecule has 0 aromatic rings. The van der Waals surface area contributed by atoms with E-state index in [-0.39, 0.29) is 23.8 Å². The van der Waals surface area contributed by atoms with Gasteiger partial charge in [-0.3, -0.25) is 9.59 Å². The summed E-state index contributed by atoms with van der Waals surface area (Å²) in [5, 5.41) is 34.1. The number of hydrogen-bond donors (Lipinski definition) is 6. The van der Waals surface area contributed by atoms with Crippen LogP contribution in [0.2, 0.25) is 0 Å². The molecule has 6 N–H and O–H groups in total. The second-order valence-corrected chi connectivity index (χ2v) is 13.6.